The minimum atomic E-state index is -0.00791. The predicted octanol–water partition coefficient (Wildman–Crippen LogP) is 3.03. The second kappa shape index (κ2) is 4.84. The highest BCUT2D eigenvalue weighted by atomic mass is 32.2. The molecule has 1 aromatic rings. The van der Waals surface area contributed by atoms with Gasteiger partial charge in [-0.1, -0.05) is 42.1 Å². The van der Waals surface area contributed by atoms with Crippen LogP contribution in [0.5, 0.6) is 0 Å². The van der Waals surface area contributed by atoms with Crippen LogP contribution in [0, 0.1) is 6.92 Å². The maximum atomic E-state index is 11.8. The summed E-state index contributed by atoms with van der Waals surface area (Å²) in [4.78, 5) is 21.1. The van der Waals surface area contributed by atoms with Gasteiger partial charge < -0.3 is 5.32 Å². The molecule has 0 aromatic heterocycles. The van der Waals surface area contributed by atoms with Crippen LogP contribution in [0.25, 0.3) is 22.6 Å². The van der Waals surface area contributed by atoms with Gasteiger partial charge in [0, 0.05) is 5.56 Å². The quantitative estimate of drug-likeness (QED) is 0.584. The Morgan fingerprint density at radius 3 is 2.73 bits per heavy atom. The van der Waals surface area contributed by atoms with E-state index in [9.17, 15) is 4.79 Å². The van der Waals surface area contributed by atoms with Gasteiger partial charge in [0.1, 0.15) is 12.4 Å². The van der Waals surface area contributed by atoms with E-state index in [0.717, 1.165) is 33.4 Å². The minimum Gasteiger partial charge on any atom is -0.310 e. The Bertz CT molecular complexity index is 856. The van der Waals surface area contributed by atoms with Crippen LogP contribution in [0.3, 0.4) is 0 Å². The van der Waals surface area contributed by atoms with Gasteiger partial charge in [-0.15, -0.1) is 0 Å². The average molecular weight is 310 g/mol. The van der Waals surface area contributed by atoms with E-state index in [-0.39, 0.29) is 5.91 Å². The summed E-state index contributed by atoms with van der Waals surface area (Å²) < 4.78 is 1.93. The highest BCUT2D eigenvalue weighted by molar-refractivity contribution is 7.98. The van der Waals surface area contributed by atoms with E-state index in [4.69, 9.17) is 4.98 Å². The first-order chi connectivity index (χ1) is 10.7. The van der Waals surface area contributed by atoms with Crippen molar-refractivity contribution in [3.05, 3.63) is 35.9 Å². The van der Waals surface area contributed by atoms with E-state index in [1.807, 2.05) is 48.1 Å². The standard InChI is InChI=1S/C16H14N4OS/c1-9-12-14(18-13(9)10-6-4-3-5-7-10)19-16(22-2)20-8-11(21)17-15(12)20/h3-7H,8H2,1-2H3,(H,17,21). The van der Waals surface area contributed by atoms with Crippen LogP contribution in [0.2, 0.25) is 0 Å². The SMILES string of the molecule is CSc1nc2nc(-c3ccccc3)c(C)c-2c2n1CC(=O)N2. The molecule has 0 saturated heterocycles. The lowest BCUT2D eigenvalue weighted by atomic mass is 10.1. The Kier molecular flexibility index (Phi) is 2.94. The Morgan fingerprint density at radius 2 is 2.00 bits per heavy atom. The Balaban J connectivity index is 2.02. The smallest absolute Gasteiger partial charge is 0.245 e. The zero-order valence-electron chi connectivity index (χ0n) is 12.3. The third kappa shape index (κ3) is 1.84. The average Bonchev–Trinajstić information content (AvgIpc) is 3.07. The number of hydrogen-bond acceptors (Lipinski definition) is 4. The van der Waals surface area contributed by atoms with E-state index in [0.29, 0.717) is 12.4 Å². The lowest BCUT2D eigenvalue weighted by Crippen LogP contribution is -2.05. The topological polar surface area (TPSA) is 59.8 Å². The molecule has 0 aliphatic carbocycles. The maximum absolute atomic E-state index is 11.8. The van der Waals surface area contributed by atoms with E-state index in [2.05, 4.69) is 10.3 Å². The molecule has 0 fully saturated rings. The molecule has 0 spiro atoms. The first kappa shape index (κ1) is 13.3. The first-order valence-corrected chi connectivity index (χ1v) is 8.21. The number of carbonyl (C=O) groups excluding carboxylic acids is 1. The van der Waals surface area contributed by atoms with Crippen molar-refractivity contribution in [2.24, 2.45) is 0 Å². The highest BCUT2D eigenvalue weighted by Crippen LogP contribution is 2.41. The Morgan fingerprint density at radius 1 is 1.23 bits per heavy atom. The van der Waals surface area contributed by atoms with Crippen molar-refractivity contribution in [2.75, 3.05) is 11.6 Å². The van der Waals surface area contributed by atoms with Crippen LogP contribution in [-0.2, 0) is 11.3 Å². The molecule has 3 heterocycles. The summed E-state index contributed by atoms with van der Waals surface area (Å²) in [6.45, 7) is 2.35. The summed E-state index contributed by atoms with van der Waals surface area (Å²) in [6.07, 6.45) is 1.96. The van der Waals surface area contributed by atoms with Crippen molar-refractivity contribution in [2.45, 2.75) is 18.6 Å². The predicted molar refractivity (Wildman–Crippen MR) is 87.2 cm³/mol. The van der Waals surface area contributed by atoms with Crippen molar-refractivity contribution in [1.29, 1.82) is 0 Å². The Hall–Kier alpha value is -2.34. The maximum Gasteiger partial charge on any atom is 0.245 e. The fourth-order valence-electron chi connectivity index (χ4n) is 2.90. The fraction of sp³-hybridized carbons (Fsp3) is 0.188. The lowest BCUT2D eigenvalue weighted by molar-refractivity contribution is -0.115. The van der Waals surface area contributed by atoms with E-state index < -0.39 is 0 Å². The van der Waals surface area contributed by atoms with Crippen LogP contribution in [0.4, 0.5) is 5.82 Å². The number of carbonyl (C=O) groups is 1. The molecule has 0 saturated carbocycles. The summed E-state index contributed by atoms with van der Waals surface area (Å²) in [5.74, 6) is 1.49. The highest BCUT2D eigenvalue weighted by Gasteiger charge is 2.30. The number of anilines is 1. The zero-order chi connectivity index (χ0) is 15.3. The van der Waals surface area contributed by atoms with Crippen molar-refractivity contribution >= 4 is 23.5 Å². The number of fused-ring (bicyclic) bond motifs is 3. The molecule has 0 radical (unpaired) electrons. The van der Waals surface area contributed by atoms with Crippen LogP contribution in [0.1, 0.15) is 5.56 Å². The molecule has 110 valence electrons. The molecule has 5 nitrogen and oxygen atoms in total. The summed E-state index contributed by atoms with van der Waals surface area (Å²) in [7, 11) is 0. The summed E-state index contributed by atoms with van der Waals surface area (Å²) in [5.41, 5.74) is 3.96. The molecule has 0 atom stereocenters. The molecule has 1 aromatic carbocycles. The van der Waals surface area contributed by atoms with Crippen molar-refractivity contribution in [3.8, 4) is 22.6 Å². The number of hydrogen-bond donors (Lipinski definition) is 1. The number of nitrogens with zero attached hydrogens (tertiary/aromatic N) is 3. The third-order valence-corrected chi connectivity index (χ3v) is 4.58. The van der Waals surface area contributed by atoms with Crippen molar-refractivity contribution < 1.29 is 4.79 Å². The normalized spacial score (nSPS) is 13.5. The molecule has 3 aliphatic heterocycles. The van der Waals surface area contributed by atoms with Gasteiger partial charge in [-0.2, -0.15) is 0 Å². The second-order valence-corrected chi connectivity index (χ2v) is 6.00. The van der Waals surface area contributed by atoms with Gasteiger partial charge >= 0.3 is 0 Å². The van der Waals surface area contributed by atoms with Crippen molar-refractivity contribution in [3.63, 3.8) is 0 Å². The number of benzene rings is 1. The van der Waals surface area contributed by atoms with Gasteiger partial charge in [-0.3, -0.25) is 9.36 Å². The van der Waals surface area contributed by atoms with Gasteiger partial charge in [0.05, 0.1) is 11.3 Å². The first-order valence-electron chi connectivity index (χ1n) is 6.99. The van der Waals surface area contributed by atoms with Gasteiger partial charge in [0.15, 0.2) is 11.0 Å². The largest absolute Gasteiger partial charge is 0.310 e. The molecule has 0 unspecified atom stereocenters. The van der Waals surface area contributed by atoms with Crippen LogP contribution in [-0.4, -0.2) is 26.7 Å². The van der Waals surface area contributed by atoms with Gasteiger partial charge in [-0.05, 0) is 18.7 Å². The number of nitrogens with one attached hydrogen (secondary N) is 1. The van der Waals surface area contributed by atoms with E-state index >= 15 is 0 Å². The van der Waals surface area contributed by atoms with Crippen molar-refractivity contribution in [1.82, 2.24) is 14.5 Å². The van der Waals surface area contributed by atoms with Gasteiger partial charge in [0.2, 0.25) is 5.91 Å². The monoisotopic (exact) mass is 310 g/mol. The second-order valence-electron chi connectivity index (χ2n) is 5.23. The molecular formula is C16H14N4OS. The molecule has 22 heavy (non-hydrogen) atoms. The zero-order valence-corrected chi connectivity index (χ0v) is 13.1. The van der Waals surface area contributed by atoms with Crippen LogP contribution < -0.4 is 5.32 Å². The molecule has 6 heteroatoms. The summed E-state index contributed by atoms with van der Waals surface area (Å²) in [5, 5.41) is 3.76. The fourth-order valence-corrected chi connectivity index (χ4v) is 3.46. The van der Waals surface area contributed by atoms with E-state index in [1.165, 1.54) is 11.8 Å². The number of aromatic nitrogens is 3. The molecule has 1 N–H and O–H groups in total. The third-order valence-electron chi connectivity index (χ3n) is 3.90. The lowest BCUT2D eigenvalue weighted by Gasteiger charge is -2.12. The molecular weight excluding hydrogens is 296 g/mol. The number of amides is 1. The summed E-state index contributed by atoms with van der Waals surface area (Å²) >= 11 is 1.52. The number of thioether (sulfide) groups is 1. The summed E-state index contributed by atoms with van der Waals surface area (Å²) in [6, 6.07) is 10.1. The number of rotatable bonds is 2. The van der Waals surface area contributed by atoms with Crippen LogP contribution in [0.15, 0.2) is 35.5 Å². The van der Waals surface area contributed by atoms with Gasteiger partial charge in [0.25, 0.3) is 0 Å². The molecule has 1 amide bonds. The molecule has 4 rings (SSSR count). The van der Waals surface area contributed by atoms with Crippen LogP contribution >= 0.6 is 11.8 Å². The minimum absolute atomic E-state index is 0.00791. The molecule has 0 bridgehead atoms. The van der Waals surface area contributed by atoms with Gasteiger partial charge in [-0.25, -0.2) is 9.97 Å². The molecule has 3 aliphatic rings. The van der Waals surface area contributed by atoms with E-state index in [1.54, 1.807) is 0 Å². The Labute approximate surface area is 132 Å².